The van der Waals surface area contributed by atoms with Crippen molar-refractivity contribution in [2.45, 2.75) is 19.4 Å². The molecule has 19 heavy (non-hydrogen) atoms. The molecule has 0 saturated carbocycles. The summed E-state index contributed by atoms with van der Waals surface area (Å²) in [6.07, 6.45) is 1.04. The van der Waals surface area contributed by atoms with Crippen LogP contribution < -0.4 is 10.6 Å². The van der Waals surface area contributed by atoms with Crippen LogP contribution in [0.5, 0.6) is 0 Å². The smallest absolute Gasteiger partial charge is 0.234 e. The summed E-state index contributed by atoms with van der Waals surface area (Å²) in [6, 6.07) is 10.4. The van der Waals surface area contributed by atoms with E-state index in [9.17, 15) is 4.79 Å². The predicted octanol–water partition coefficient (Wildman–Crippen LogP) is 1.41. The summed E-state index contributed by atoms with van der Waals surface area (Å²) in [5.41, 5.74) is 1.22. The Labute approximate surface area is 116 Å². The lowest BCUT2D eigenvalue weighted by Crippen LogP contribution is -2.39. The molecule has 106 valence electrons. The van der Waals surface area contributed by atoms with Crippen molar-refractivity contribution < 1.29 is 4.79 Å². The molecule has 1 aromatic rings. The molecule has 0 heterocycles. The Hall–Kier alpha value is -1.39. The van der Waals surface area contributed by atoms with Crippen LogP contribution in [0.2, 0.25) is 0 Å². The summed E-state index contributed by atoms with van der Waals surface area (Å²) >= 11 is 0. The molecule has 0 radical (unpaired) electrons. The van der Waals surface area contributed by atoms with E-state index in [1.165, 1.54) is 5.56 Å². The van der Waals surface area contributed by atoms with E-state index in [0.29, 0.717) is 13.1 Å². The second-order valence-electron chi connectivity index (χ2n) is 4.87. The molecule has 0 bridgehead atoms. The molecule has 2 N–H and O–H groups in total. The standard InChI is InChI=1S/C15H25N3O/c1-4-10-16-12-15(19)17-11-14(18(2)3)13-8-6-5-7-9-13/h5-9,14,16H,4,10-12H2,1-3H3,(H,17,19). The minimum Gasteiger partial charge on any atom is -0.353 e. The number of nitrogens with one attached hydrogen (secondary N) is 2. The summed E-state index contributed by atoms with van der Waals surface area (Å²) in [7, 11) is 4.05. The molecule has 0 fully saturated rings. The van der Waals surface area contributed by atoms with Crippen LogP contribution >= 0.6 is 0 Å². The Morgan fingerprint density at radius 2 is 1.95 bits per heavy atom. The maximum Gasteiger partial charge on any atom is 0.234 e. The van der Waals surface area contributed by atoms with Crippen LogP contribution in [-0.2, 0) is 4.79 Å². The van der Waals surface area contributed by atoms with Crippen molar-refractivity contribution in [3.8, 4) is 0 Å². The van der Waals surface area contributed by atoms with E-state index in [1.54, 1.807) is 0 Å². The van der Waals surface area contributed by atoms with Gasteiger partial charge in [0, 0.05) is 6.54 Å². The van der Waals surface area contributed by atoms with E-state index < -0.39 is 0 Å². The van der Waals surface area contributed by atoms with Gasteiger partial charge in [-0.2, -0.15) is 0 Å². The van der Waals surface area contributed by atoms with E-state index in [4.69, 9.17) is 0 Å². The molecule has 1 unspecified atom stereocenters. The first-order valence-electron chi connectivity index (χ1n) is 6.84. The van der Waals surface area contributed by atoms with Gasteiger partial charge in [-0.05, 0) is 32.6 Å². The van der Waals surface area contributed by atoms with Gasteiger partial charge < -0.3 is 15.5 Å². The normalized spacial score (nSPS) is 12.4. The number of rotatable bonds is 8. The van der Waals surface area contributed by atoms with Gasteiger partial charge in [-0.1, -0.05) is 37.3 Å². The van der Waals surface area contributed by atoms with E-state index in [-0.39, 0.29) is 11.9 Å². The van der Waals surface area contributed by atoms with Gasteiger partial charge in [0.2, 0.25) is 5.91 Å². The maximum absolute atomic E-state index is 11.7. The lowest BCUT2D eigenvalue weighted by Gasteiger charge is -2.25. The topological polar surface area (TPSA) is 44.4 Å². The Balaban J connectivity index is 2.45. The van der Waals surface area contributed by atoms with Gasteiger partial charge in [0.1, 0.15) is 0 Å². The third kappa shape index (κ3) is 5.85. The van der Waals surface area contributed by atoms with Gasteiger partial charge in [0.05, 0.1) is 12.6 Å². The molecule has 0 spiro atoms. The molecule has 0 aromatic heterocycles. The molecular formula is C15H25N3O. The zero-order valence-electron chi connectivity index (χ0n) is 12.1. The monoisotopic (exact) mass is 263 g/mol. The predicted molar refractivity (Wildman–Crippen MR) is 79.0 cm³/mol. The Kier molecular flexibility index (Phi) is 7.15. The highest BCUT2D eigenvalue weighted by molar-refractivity contribution is 5.78. The quantitative estimate of drug-likeness (QED) is 0.697. The van der Waals surface area contributed by atoms with Crippen LogP contribution in [0.15, 0.2) is 30.3 Å². The highest BCUT2D eigenvalue weighted by atomic mass is 16.1. The van der Waals surface area contributed by atoms with Crippen LogP contribution in [0.25, 0.3) is 0 Å². The number of amides is 1. The van der Waals surface area contributed by atoms with Crippen LogP contribution in [0.1, 0.15) is 24.9 Å². The fourth-order valence-electron chi connectivity index (χ4n) is 1.93. The molecule has 1 aromatic carbocycles. The third-order valence-corrected chi connectivity index (χ3v) is 3.01. The molecule has 1 rings (SSSR count). The van der Waals surface area contributed by atoms with Gasteiger partial charge >= 0.3 is 0 Å². The molecule has 4 nitrogen and oxygen atoms in total. The van der Waals surface area contributed by atoms with Gasteiger partial charge in [0.25, 0.3) is 0 Å². The molecule has 4 heteroatoms. The van der Waals surface area contributed by atoms with Gasteiger partial charge in [-0.25, -0.2) is 0 Å². The maximum atomic E-state index is 11.7. The van der Waals surface area contributed by atoms with Crippen molar-refractivity contribution in [3.05, 3.63) is 35.9 Å². The van der Waals surface area contributed by atoms with Crippen molar-refractivity contribution >= 4 is 5.91 Å². The van der Waals surface area contributed by atoms with Crippen LogP contribution in [0, 0.1) is 0 Å². The minimum absolute atomic E-state index is 0.0521. The van der Waals surface area contributed by atoms with Crippen LogP contribution in [0.4, 0.5) is 0 Å². The summed E-state index contributed by atoms with van der Waals surface area (Å²) in [5.74, 6) is 0.0521. The first-order valence-corrected chi connectivity index (χ1v) is 6.84. The Morgan fingerprint density at radius 3 is 2.53 bits per heavy atom. The largest absolute Gasteiger partial charge is 0.353 e. The fraction of sp³-hybridized carbons (Fsp3) is 0.533. The third-order valence-electron chi connectivity index (χ3n) is 3.01. The van der Waals surface area contributed by atoms with E-state index >= 15 is 0 Å². The molecular weight excluding hydrogens is 238 g/mol. The SMILES string of the molecule is CCCNCC(=O)NCC(c1ccccc1)N(C)C. The zero-order chi connectivity index (χ0) is 14.1. The highest BCUT2D eigenvalue weighted by Crippen LogP contribution is 2.16. The van der Waals surface area contributed by atoms with E-state index in [0.717, 1.165) is 13.0 Å². The number of likely N-dealkylation sites (N-methyl/N-ethyl adjacent to an activating group) is 1. The summed E-state index contributed by atoms with van der Waals surface area (Å²) in [6.45, 7) is 3.98. The molecule has 0 saturated heterocycles. The van der Waals surface area contributed by atoms with Crippen LogP contribution in [-0.4, -0.2) is 44.5 Å². The molecule has 0 aliphatic heterocycles. The van der Waals surface area contributed by atoms with Crippen molar-refractivity contribution in [2.24, 2.45) is 0 Å². The fourth-order valence-corrected chi connectivity index (χ4v) is 1.93. The first kappa shape index (κ1) is 15.7. The molecule has 0 aliphatic carbocycles. The van der Waals surface area contributed by atoms with E-state index in [2.05, 4.69) is 34.6 Å². The molecule has 1 amide bonds. The highest BCUT2D eigenvalue weighted by Gasteiger charge is 2.14. The number of carbonyl (C=O) groups is 1. The van der Waals surface area contributed by atoms with Gasteiger partial charge in [0.15, 0.2) is 0 Å². The average Bonchev–Trinajstić information content (AvgIpc) is 2.40. The zero-order valence-corrected chi connectivity index (χ0v) is 12.1. The minimum atomic E-state index is 0.0521. The van der Waals surface area contributed by atoms with Crippen molar-refractivity contribution in [3.63, 3.8) is 0 Å². The number of carbonyl (C=O) groups excluding carboxylic acids is 1. The van der Waals surface area contributed by atoms with E-state index in [1.807, 2.05) is 32.3 Å². The van der Waals surface area contributed by atoms with Crippen molar-refractivity contribution in [1.29, 1.82) is 0 Å². The lowest BCUT2D eigenvalue weighted by molar-refractivity contribution is -0.120. The van der Waals surface area contributed by atoms with Crippen molar-refractivity contribution in [1.82, 2.24) is 15.5 Å². The number of benzene rings is 1. The summed E-state index contributed by atoms with van der Waals surface area (Å²) in [4.78, 5) is 13.8. The number of hydrogen-bond donors (Lipinski definition) is 2. The second-order valence-corrected chi connectivity index (χ2v) is 4.87. The molecule has 1 atom stereocenters. The Morgan fingerprint density at radius 1 is 1.26 bits per heavy atom. The summed E-state index contributed by atoms with van der Waals surface area (Å²) < 4.78 is 0. The summed E-state index contributed by atoms with van der Waals surface area (Å²) in [5, 5.41) is 6.08. The Bertz CT molecular complexity index is 365. The second kappa shape index (κ2) is 8.67. The average molecular weight is 263 g/mol. The van der Waals surface area contributed by atoms with Crippen molar-refractivity contribution in [2.75, 3.05) is 33.7 Å². The van der Waals surface area contributed by atoms with Gasteiger partial charge in [-0.15, -0.1) is 0 Å². The first-order chi connectivity index (χ1) is 9.15. The van der Waals surface area contributed by atoms with Gasteiger partial charge in [-0.3, -0.25) is 4.79 Å². The molecule has 0 aliphatic rings. The number of nitrogens with zero attached hydrogens (tertiary/aromatic N) is 1. The lowest BCUT2D eigenvalue weighted by atomic mass is 10.1. The van der Waals surface area contributed by atoms with Crippen LogP contribution in [0.3, 0.4) is 0 Å². The number of hydrogen-bond acceptors (Lipinski definition) is 3.